The van der Waals surface area contributed by atoms with Gasteiger partial charge in [-0.2, -0.15) is 0 Å². The van der Waals surface area contributed by atoms with Crippen LogP contribution in [0.5, 0.6) is 0 Å². The van der Waals surface area contributed by atoms with Crippen LogP contribution in [0.25, 0.3) is 5.69 Å². The maximum atomic E-state index is 12.0. The van der Waals surface area contributed by atoms with Crippen LogP contribution < -0.4 is 5.32 Å². The number of rotatable bonds is 5. The molecule has 2 aromatic heterocycles. The van der Waals surface area contributed by atoms with E-state index >= 15 is 0 Å². The Morgan fingerprint density at radius 2 is 2.09 bits per heavy atom. The number of hydrogen-bond donors (Lipinski definition) is 1. The molecule has 0 aliphatic heterocycles. The van der Waals surface area contributed by atoms with Crippen LogP contribution in [0.15, 0.2) is 66.3 Å². The quantitative estimate of drug-likeness (QED) is 0.732. The maximum absolute atomic E-state index is 12.0. The van der Waals surface area contributed by atoms with Gasteiger partial charge >= 0.3 is 0 Å². The third-order valence-electron chi connectivity index (χ3n) is 3.26. The number of amides is 1. The summed E-state index contributed by atoms with van der Waals surface area (Å²) < 4.78 is 2.00. The van der Waals surface area contributed by atoms with Crippen molar-refractivity contribution in [3.05, 3.63) is 66.7 Å². The molecular formula is C17H16N4OS. The molecule has 116 valence electrons. The van der Waals surface area contributed by atoms with E-state index in [1.165, 1.54) is 11.8 Å². The third-order valence-corrected chi connectivity index (χ3v) is 4.23. The zero-order valence-electron chi connectivity index (χ0n) is 12.6. The van der Waals surface area contributed by atoms with Gasteiger partial charge in [-0.1, -0.05) is 30.0 Å². The summed E-state index contributed by atoms with van der Waals surface area (Å²) in [5.74, 6) is 0.208. The van der Waals surface area contributed by atoms with Crippen LogP contribution in [-0.2, 0) is 4.79 Å². The van der Waals surface area contributed by atoms with Gasteiger partial charge in [0, 0.05) is 18.6 Å². The van der Waals surface area contributed by atoms with E-state index in [-0.39, 0.29) is 11.7 Å². The number of thioether (sulfide) groups is 1. The van der Waals surface area contributed by atoms with E-state index in [4.69, 9.17) is 0 Å². The van der Waals surface area contributed by atoms with Gasteiger partial charge in [0.15, 0.2) is 5.16 Å². The Morgan fingerprint density at radius 1 is 1.22 bits per heavy atom. The molecule has 1 aromatic carbocycles. The highest BCUT2D eigenvalue weighted by Crippen LogP contribution is 2.22. The molecule has 0 aliphatic rings. The summed E-state index contributed by atoms with van der Waals surface area (Å²) in [6, 6.07) is 11.7. The summed E-state index contributed by atoms with van der Waals surface area (Å²) >= 11 is 1.40. The van der Waals surface area contributed by atoms with Gasteiger partial charge in [-0.3, -0.25) is 14.3 Å². The van der Waals surface area contributed by atoms with Crippen LogP contribution in [0, 0.1) is 6.92 Å². The van der Waals surface area contributed by atoms with Gasteiger partial charge in [0.05, 0.1) is 23.3 Å². The van der Waals surface area contributed by atoms with Crippen LogP contribution in [0.2, 0.25) is 0 Å². The number of benzene rings is 1. The van der Waals surface area contributed by atoms with Gasteiger partial charge in [0.2, 0.25) is 5.91 Å². The third kappa shape index (κ3) is 3.78. The van der Waals surface area contributed by atoms with Crippen molar-refractivity contribution in [1.82, 2.24) is 14.5 Å². The number of aryl methyl sites for hydroxylation is 1. The Hall–Kier alpha value is -2.60. The Kier molecular flexibility index (Phi) is 4.73. The molecular weight excluding hydrogens is 308 g/mol. The van der Waals surface area contributed by atoms with Crippen molar-refractivity contribution in [3.8, 4) is 5.69 Å². The molecule has 5 nitrogen and oxygen atoms in total. The lowest BCUT2D eigenvalue weighted by Gasteiger charge is -2.10. The van der Waals surface area contributed by atoms with Crippen LogP contribution >= 0.6 is 11.8 Å². The summed E-state index contributed by atoms with van der Waals surface area (Å²) in [5.41, 5.74) is 2.92. The molecule has 2 heterocycles. The lowest BCUT2D eigenvalue weighted by Crippen LogP contribution is -2.14. The fourth-order valence-corrected chi connectivity index (χ4v) is 2.94. The largest absolute Gasteiger partial charge is 0.324 e. The number of nitrogens with one attached hydrogen (secondary N) is 1. The van der Waals surface area contributed by atoms with Crippen molar-refractivity contribution in [1.29, 1.82) is 0 Å². The second-order valence-corrected chi connectivity index (χ2v) is 5.89. The number of imidazole rings is 1. The number of para-hydroxylation sites is 1. The van der Waals surface area contributed by atoms with Crippen LogP contribution in [-0.4, -0.2) is 26.2 Å². The molecule has 0 saturated heterocycles. The molecule has 0 saturated carbocycles. The fourth-order valence-electron chi connectivity index (χ4n) is 2.18. The van der Waals surface area contributed by atoms with Gasteiger partial charge in [0.1, 0.15) is 0 Å². The zero-order chi connectivity index (χ0) is 16.1. The number of anilines is 1. The van der Waals surface area contributed by atoms with Crippen LogP contribution in [0.3, 0.4) is 0 Å². The molecule has 1 N–H and O–H groups in total. The van der Waals surface area contributed by atoms with E-state index < -0.39 is 0 Å². The Morgan fingerprint density at radius 3 is 2.87 bits per heavy atom. The lowest BCUT2D eigenvalue weighted by molar-refractivity contribution is -0.113. The molecule has 23 heavy (non-hydrogen) atoms. The first-order valence-corrected chi connectivity index (χ1v) is 8.14. The highest BCUT2D eigenvalue weighted by atomic mass is 32.2. The molecule has 0 bridgehead atoms. The summed E-state index contributed by atoms with van der Waals surface area (Å²) in [5, 5.41) is 3.61. The minimum Gasteiger partial charge on any atom is -0.324 e. The minimum atomic E-state index is -0.0812. The van der Waals surface area contributed by atoms with Gasteiger partial charge in [-0.05, 0) is 30.7 Å². The molecule has 0 fully saturated rings. The molecule has 3 aromatic rings. The molecule has 0 spiro atoms. The van der Waals surface area contributed by atoms with E-state index in [9.17, 15) is 4.79 Å². The van der Waals surface area contributed by atoms with Crippen molar-refractivity contribution in [2.24, 2.45) is 0 Å². The molecule has 0 radical (unpaired) electrons. The SMILES string of the molecule is Cc1ccccc1-n1ccnc1SCC(=O)Nc1cccnc1. The van der Waals surface area contributed by atoms with E-state index in [1.54, 1.807) is 24.7 Å². The van der Waals surface area contributed by atoms with E-state index in [0.29, 0.717) is 5.69 Å². The van der Waals surface area contributed by atoms with E-state index in [1.807, 2.05) is 35.0 Å². The maximum Gasteiger partial charge on any atom is 0.234 e. The molecule has 0 unspecified atom stereocenters. The van der Waals surface area contributed by atoms with Gasteiger partial charge in [-0.15, -0.1) is 0 Å². The predicted molar refractivity (Wildman–Crippen MR) is 91.9 cm³/mol. The molecule has 3 rings (SSSR count). The molecule has 0 atom stereocenters. The van der Waals surface area contributed by atoms with Gasteiger partial charge in [-0.25, -0.2) is 4.98 Å². The minimum absolute atomic E-state index is 0.0812. The van der Waals surface area contributed by atoms with Crippen molar-refractivity contribution in [3.63, 3.8) is 0 Å². The number of aromatic nitrogens is 3. The van der Waals surface area contributed by atoms with Crippen LogP contribution in [0.1, 0.15) is 5.56 Å². The average molecular weight is 324 g/mol. The summed E-state index contributed by atoms with van der Waals surface area (Å²) in [6.07, 6.45) is 6.94. The number of carbonyl (C=O) groups excluding carboxylic acids is 1. The first-order chi connectivity index (χ1) is 11.2. The summed E-state index contributed by atoms with van der Waals surface area (Å²) in [6.45, 7) is 2.05. The second kappa shape index (κ2) is 7.11. The van der Waals surface area contributed by atoms with E-state index in [2.05, 4.69) is 28.3 Å². The average Bonchev–Trinajstić information content (AvgIpc) is 3.03. The Balaban J connectivity index is 1.67. The normalized spacial score (nSPS) is 10.5. The van der Waals surface area contributed by atoms with Gasteiger partial charge < -0.3 is 5.32 Å². The predicted octanol–water partition coefficient (Wildman–Crippen LogP) is 3.31. The summed E-state index contributed by atoms with van der Waals surface area (Å²) in [4.78, 5) is 20.3. The topological polar surface area (TPSA) is 59.8 Å². The second-order valence-electron chi connectivity index (χ2n) is 4.94. The van der Waals surface area contributed by atoms with Crippen molar-refractivity contribution < 1.29 is 4.79 Å². The van der Waals surface area contributed by atoms with Crippen LogP contribution in [0.4, 0.5) is 5.69 Å². The monoisotopic (exact) mass is 324 g/mol. The first kappa shape index (κ1) is 15.3. The molecule has 6 heteroatoms. The highest BCUT2D eigenvalue weighted by molar-refractivity contribution is 7.99. The van der Waals surface area contributed by atoms with Crippen molar-refractivity contribution in [2.45, 2.75) is 12.1 Å². The number of nitrogens with zero attached hydrogens (tertiary/aromatic N) is 3. The first-order valence-electron chi connectivity index (χ1n) is 7.16. The number of hydrogen-bond acceptors (Lipinski definition) is 4. The fraction of sp³-hybridized carbons (Fsp3) is 0.118. The standard InChI is InChI=1S/C17H16N4OS/c1-13-5-2-3-7-15(13)21-10-9-19-17(21)23-12-16(22)20-14-6-4-8-18-11-14/h2-11H,12H2,1H3,(H,20,22). The van der Waals surface area contributed by atoms with E-state index in [0.717, 1.165) is 16.4 Å². The Labute approximate surface area is 138 Å². The molecule has 1 amide bonds. The summed E-state index contributed by atoms with van der Waals surface area (Å²) in [7, 11) is 0. The number of carbonyl (C=O) groups is 1. The lowest BCUT2D eigenvalue weighted by atomic mass is 10.2. The smallest absolute Gasteiger partial charge is 0.234 e. The zero-order valence-corrected chi connectivity index (χ0v) is 13.5. The van der Waals surface area contributed by atoms with Crippen molar-refractivity contribution >= 4 is 23.4 Å². The molecule has 0 aliphatic carbocycles. The Bertz CT molecular complexity index is 801. The van der Waals surface area contributed by atoms with Crippen molar-refractivity contribution in [2.75, 3.05) is 11.1 Å². The van der Waals surface area contributed by atoms with Gasteiger partial charge in [0.25, 0.3) is 0 Å². The highest BCUT2D eigenvalue weighted by Gasteiger charge is 2.10. The number of pyridine rings is 1.